The fraction of sp³-hybridized carbons (Fsp3) is 0.231. The van der Waals surface area contributed by atoms with Crippen molar-refractivity contribution in [2.24, 2.45) is 0 Å². The molecular weight excluding hydrogens is 420 g/mol. The zero-order valence-electron chi connectivity index (χ0n) is 18.3. The quantitative estimate of drug-likeness (QED) is 0.282. The molecule has 4 aromatic rings. The van der Waals surface area contributed by atoms with E-state index in [9.17, 15) is 4.79 Å². The van der Waals surface area contributed by atoms with Gasteiger partial charge in [0.15, 0.2) is 5.13 Å². The second kappa shape index (κ2) is 10.3. The van der Waals surface area contributed by atoms with Gasteiger partial charge in [-0.3, -0.25) is 9.69 Å². The number of hydrogen-bond acceptors (Lipinski definition) is 5. The number of nitrogens with zero attached hydrogens (tertiary/aromatic N) is 2. The highest BCUT2D eigenvalue weighted by Gasteiger charge is 2.22. The molecule has 0 fully saturated rings. The molecule has 0 atom stereocenters. The van der Waals surface area contributed by atoms with Gasteiger partial charge in [0.25, 0.3) is 5.91 Å². The van der Waals surface area contributed by atoms with E-state index in [4.69, 9.17) is 14.5 Å². The van der Waals surface area contributed by atoms with E-state index in [0.29, 0.717) is 29.6 Å². The van der Waals surface area contributed by atoms with Gasteiger partial charge in [0.05, 0.1) is 30.5 Å². The molecule has 3 aromatic carbocycles. The number of benzene rings is 3. The fourth-order valence-corrected chi connectivity index (χ4v) is 4.33. The molecule has 0 bridgehead atoms. The zero-order chi connectivity index (χ0) is 22.3. The van der Waals surface area contributed by atoms with Crippen molar-refractivity contribution < 1.29 is 14.3 Å². The summed E-state index contributed by atoms with van der Waals surface area (Å²) < 4.78 is 12.1. The molecule has 0 unspecified atom stereocenters. The zero-order valence-corrected chi connectivity index (χ0v) is 19.1. The van der Waals surface area contributed by atoms with E-state index in [1.165, 1.54) is 11.3 Å². The van der Waals surface area contributed by atoms with Gasteiger partial charge < -0.3 is 9.47 Å². The summed E-state index contributed by atoms with van der Waals surface area (Å²) >= 11 is 1.48. The van der Waals surface area contributed by atoms with Crippen molar-refractivity contribution in [1.82, 2.24) is 4.98 Å². The monoisotopic (exact) mass is 446 g/mol. The average molecular weight is 447 g/mol. The Morgan fingerprint density at radius 2 is 1.84 bits per heavy atom. The van der Waals surface area contributed by atoms with Crippen LogP contribution in [0.15, 0.2) is 72.8 Å². The minimum absolute atomic E-state index is 0.110. The lowest BCUT2D eigenvalue weighted by atomic mass is 10.1. The molecule has 0 radical (unpaired) electrons. The normalized spacial score (nSPS) is 10.8. The van der Waals surface area contributed by atoms with Gasteiger partial charge in [0.2, 0.25) is 0 Å². The average Bonchev–Trinajstić information content (AvgIpc) is 3.26. The maximum atomic E-state index is 13.6. The van der Waals surface area contributed by atoms with Gasteiger partial charge >= 0.3 is 0 Å². The summed E-state index contributed by atoms with van der Waals surface area (Å²) in [5.74, 6) is 1.37. The largest absolute Gasteiger partial charge is 0.497 e. The summed E-state index contributed by atoms with van der Waals surface area (Å²) in [5.41, 5.74) is 2.45. The summed E-state index contributed by atoms with van der Waals surface area (Å²) in [6.07, 6.45) is 2.04. The Bertz CT molecular complexity index is 1190. The van der Waals surface area contributed by atoms with Crippen molar-refractivity contribution in [3.05, 3.63) is 83.9 Å². The Kier molecular flexibility index (Phi) is 7.02. The van der Waals surface area contributed by atoms with Crippen LogP contribution in [0.3, 0.4) is 0 Å². The minimum Gasteiger partial charge on any atom is -0.497 e. The van der Waals surface area contributed by atoms with Crippen LogP contribution in [0.25, 0.3) is 10.2 Å². The van der Waals surface area contributed by atoms with E-state index in [2.05, 4.69) is 6.92 Å². The van der Waals surface area contributed by atoms with E-state index in [1.807, 2.05) is 72.8 Å². The number of anilines is 1. The molecule has 0 aliphatic heterocycles. The Hall–Kier alpha value is -3.38. The van der Waals surface area contributed by atoms with E-state index in [0.717, 1.165) is 34.4 Å². The standard InChI is InChI=1S/C26H26N2O3S/c1-3-4-15-31-22-12-8-11-20(16-22)25(29)28(18-19-9-6-5-7-10-19)26-27-23-14-13-21(30-2)17-24(23)32-26/h5-14,16-17H,3-4,15,18H2,1-2H3. The summed E-state index contributed by atoms with van der Waals surface area (Å²) in [6.45, 7) is 3.19. The highest BCUT2D eigenvalue weighted by molar-refractivity contribution is 7.22. The number of carbonyl (C=O) groups is 1. The molecule has 0 spiro atoms. The molecule has 6 heteroatoms. The third-order valence-corrected chi connectivity index (χ3v) is 6.13. The molecule has 1 aromatic heterocycles. The van der Waals surface area contributed by atoms with Crippen LogP contribution < -0.4 is 14.4 Å². The number of carbonyl (C=O) groups excluding carboxylic acids is 1. The molecule has 0 aliphatic rings. The number of methoxy groups -OCH3 is 1. The Labute approximate surface area is 192 Å². The molecule has 164 valence electrons. The summed E-state index contributed by atoms with van der Waals surface area (Å²) in [4.78, 5) is 20.1. The number of hydrogen-bond donors (Lipinski definition) is 0. The van der Waals surface area contributed by atoms with Gasteiger partial charge in [-0.15, -0.1) is 0 Å². The summed E-state index contributed by atoms with van der Waals surface area (Å²) in [7, 11) is 1.64. The van der Waals surface area contributed by atoms with Crippen LogP contribution in [0.5, 0.6) is 11.5 Å². The van der Waals surface area contributed by atoms with E-state index < -0.39 is 0 Å². The van der Waals surface area contributed by atoms with Gasteiger partial charge in [0, 0.05) is 5.56 Å². The summed E-state index contributed by atoms with van der Waals surface area (Å²) in [5, 5.41) is 0.652. The molecule has 5 nitrogen and oxygen atoms in total. The second-order valence-corrected chi connectivity index (χ2v) is 8.45. The number of aromatic nitrogens is 1. The van der Waals surface area contributed by atoms with E-state index >= 15 is 0 Å². The number of rotatable bonds is 9. The Morgan fingerprint density at radius 1 is 1.00 bits per heavy atom. The van der Waals surface area contributed by atoms with E-state index in [1.54, 1.807) is 12.0 Å². The second-order valence-electron chi connectivity index (χ2n) is 7.44. The number of thiazole rings is 1. The van der Waals surface area contributed by atoms with E-state index in [-0.39, 0.29) is 5.91 Å². The fourth-order valence-electron chi connectivity index (χ4n) is 3.34. The predicted octanol–water partition coefficient (Wildman–Crippen LogP) is 6.33. The number of fused-ring (bicyclic) bond motifs is 1. The minimum atomic E-state index is -0.110. The first-order valence-electron chi connectivity index (χ1n) is 10.7. The molecule has 1 amide bonds. The number of amides is 1. The van der Waals surface area contributed by atoms with Crippen LogP contribution in [0, 0.1) is 0 Å². The smallest absolute Gasteiger partial charge is 0.260 e. The highest BCUT2D eigenvalue weighted by atomic mass is 32.1. The molecule has 0 N–H and O–H groups in total. The Balaban J connectivity index is 1.68. The van der Waals surface area contributed by atoms with Crippen LogP contribution in [-0.2, 0) is 6.54 Å². The van der Waals surface area contributed by atoms with Crippen LogP contribution >= 0.6 is 11.3 Å². The summed E-state index contributed by atoms with van der Waals surface area (Å²) in [6, 6.07) is 23.1. The molecule has 32 heavy (non-hydrogen) atoms. The third kappa shape index (κ3) is 5.08. The molecule has 1 heterocycles. The number of ether oxygens (including phenoxy) is 2. The van der Waals surface area contributed by atoms with Crippen molar-refractivity contribution >= 4 is 32.6 Å². The first kappa shape index (κ1) is 21.8. The van der Waals surface area contributed by atoms with Gasteiger partial charge in [0.1, 0.15) is 11.5 Å². The Morgan fingerprint density at radius 3 is 2.62 bits per heavy atom. The van der Waals surface area contributed by atoms with Gasteiger partial charge in [-0.05, 0) is 48.4 Å². The lowest BCUT2D eigenvalue weighted by Gasteiger charge is -2.20. The molecule has 0 aliphatic carbocycles. The SMILES string of the molecule is CCCCOc1cccc(C(=O)N(Cc2ccccc2)c2nc3ccc(OC)cc3s2)c1. The molecule has 0 saturated carbocycles. The third-order valence-electron chi connectivity index (χ3n) is 5.09. The highest BCUT2D eigenvalue weighted by Crippen LogP contribution is 2.33. The van der Waals surface area contributed by atoms with Crippen molar-refractivity contribution in [3.63, 3.8) is 0 Å². The predicted molar refractivity (Wildman–Crippen MR) is 130 cm³/mol. The maximum Gasteiger partial charge on any atom is 0.260 e. The van der Waals surface area contributed by atoms with Crippen LogP contribution in [-0.4, -0.2) is 24.6 Å². The van der Waals surface area contributed by atoms with Gasteiger partial charge in [-0.1, -0.05) is 61.1 Å². The first-order valence-corrected chi connectivity index (χ1v) is 11.5. The lowest BCUT2D eigenvalue weighted by molar-refractivity contribution is 0.0984. The van der Waals surface area contributed by atoms with Crippen LogP contribution in [0.2, 0.25) is 0 Å². The molecular formula is C26H26N2O3S. The maximum absolute atomic E-state index is 13.6. The van der Waals surface area contributed by atoms with Gasteiger partial charge in [-0.25, -0.2) is 4.98 Å². The van der Waals surface area contributed by atoms with Gasteiger partial charge in [-0.2, -0.15) is 0 Å². The topological polar surface area (TPSA) is 51.7 Å². The molecule has 0 saturated heterocycles. The van der Waals surface area contributed by atoms with Crippen molar-refractivity contribution in [2.45, 2.75) is 26.3 Å². The molecule has 4 rings (SSSR count). The van der Waals surface area contributed by atoms with Crippen LogP contribution in [0.1, 0.15) is 35.7 Å². The first-order chi connectivity index (χ1) is 15.7. The lowest BCUT2D eigenvalue weighted by Crippen LogP contribution is -2.30. The van der Waals surface area contributed by atoms with Crippen molar-refractivity contribution in [1.29, 1.82) is 0 Å². The van der Waals surface area contributed by atoms with Crippen molar-refractivity contribution in [2.75, 3.05) is 18.6 Å². The van der Waals surface area contributed by atoms with Crippen molar-refractivity contribution in [3.8, 4) is 11.5 Å². The number of unbranched alkanes of at least 4 members (excludes halogenated alkanes) is 1. The van der Waals surface area contributed by atoms with Crippen LogP contribution in [0.4, 0.5) is 5.13 Å².